The fraction of sp³-hybridized carbons (Fsp3) is 0.971. The monoisotopic (exact) mass is 651 g/mol. The molecule has 9 nitrogen and oxygen atoms in total. The van der Waals surface area contributed by atoms with Crippen molar-refractivity contribution in [3.05, 3.63) is 0 Å². The number of carbonyl (C=O) groups is 1. The summed E-state index contributed by atoms with van der Waals surface area (Å²) in [6.45, 7) is 7.79. The van der Waals surface area contributed by atoms with Crippen LogP contribution < -0.4 is 4.89 Å². The van der Waals surface area contributed by atoms with E-state index in [-0.39, 0.29) is 31.9 Å². The van der Waals surface area contributed by atoms with Gasteiger partial charge in [0.2, 0.25) is 0 Å². The van der Waals surface area contributed by atoms with E-state index < -0.39 is 13.9 Å². The van der Waals surface area contributed by atoms with E-state index in [1.54, 1.807) is 0 Å². The summed E-state index contributed by atoms with van der Waals surface area (Å²) in [7, 11) is 2.81. The number of esters is 1. The molecule has 0 rings (SSSR count). The van der Waals surface area contributed by atoms with Crippen LogP contribution in [0.15, 0.2) is 0 Å². The van der Waals surface area contributed by atoms with Crippen molar-refractivity contribution >= 4 is 13.8 Å². The van der Waals surface area contributed by atoms with Gasteiger partial charge in [0.05, 0.1) is 47.6 Å². The summed E-state index contributed by atoms with van der Waals surface area (Å²) in [5.74, 6) is 0.158. The first kappa shape index (κ1) is 43.5. The summed E-state index contributed by atoms with van der Waals surface area (Å²) in [6.07, 6.45) is 19.7. The first-order valence-electron chi connectivity index (χ1n) is 17.6. The maximum atomic E-state index is 12.5. The zero-order valence-corrected chi connectivity index (χ0v) is 30.6. The number of phosphoric acid groups is 1. The Balaban J connectivity index is 5.07. The molecule has 0 aromatic heterocycles. The van der Waals surface area contributed by atoms with Crippen LogP contribution in [0.2, 0.25) is 0 Å². The summed E-state index contributed by atoms with van der Waals surface area (Å²) in [5, 5.41) is 0. The third kappa shape index (κ3) is 27.7. The third-order valence-electron chi connectivity index (χ3n) is 8.02. The zero-order chi connectivity index (χ0) is 33.1. The maximum absolute atomic E-state index is 12.5. The number of ether oxygens (including phenoxy) is 3. The van der Waals surface area contributed by atoms with Gasteiger partial charge in [-0.15, -0.1) is 0 Å². The van der Waals surface area contributed by atoms with E-state index in [9.17, 15) is 14.3 Å². The van der Waals surface area contributed by atoms with Crippen LogP contribution in [0.3, 0.4) is 0 Å². The minimum absolute atomic E-state index is 0.0518. The van der Waals surface area contributed by atoms with Crippen LogP contribution >= 0.6 is 7.82 Å². The van der Waals surface area contributed by atoms with Gasteiger partial charge in [0.15, 0.2) is 0 Å². The molecule has 0 saturated carbocycles. The normalized spacial score (nSPS) is 15.5. The molecule has 0 aromatic rings. The van der Waals surface area contributed by atoms with Crippen molar-refractivity contribution in [3.63, 3.8) is 0 Å². The van der Waals surface area contributed by atoms with Gasteiger partial charge < -0.3 is 32.6 Å². The number of likely N-dealkylation sites (N-methyl/N-ethyl adjacent to an activating group) is 1. The van der Waals surface area contributed by atoms with E-state index >= 15 is 0 Å². The highest BCUT2D eigenvalue weighted by atomic mass is 31.2. The fourth-order valence-electron chi connectivity index (χ4n) is 5.00. The molecule has 0 aliphatic heterocycles. The van der Waals surface area contributed by atoms with Gasteiger partial charge in [0.25, 0.3) is 7.82 Å². The SMILES string of the molecule is CCCCCCCCCCC[C@@H](OC[C@H](COP(=O)([O-])OCC[N+](C)(C)C)OCCCCC(=O)OC)C(C)CCCCCC. The lowest BCUT2D eigenvalue weighted by Crippen LogP contribution is -2.37. The van der Waals surface area contributed by atoms with E-state index in [0.29, 0.717) is 42.8 Å². The maximum Gasteiger partial charge on any atom is 0.305 e. The van der Waals surface area contributed by atoms with Crippen LogP contribution in [0, 0.1) is 5.92 Å². The number of methoxy groups -OCH3 is 1. The number of hydrogen-bond acceptors (Lipinski definition) is 8. The fourth-order valence-corrected chi connectivity index (χ4v) is 5.73. The van der Waals surface area contributed by atoms with Crippen molar-refractivity contribution < 1.29 is 42.0 Å². The number of unbranched alkanes of at least 4 members (excludes halogenated alkanes) is 12. The van der Waals surface area contributed by atoms with E-state index in [2.05, 4.69) is 20.8 Å². The van der Waals surface area contributed by atoms with Gasteiger partial charge >= 0.3 is 5.97 Å². The minimum Gasteiger partial charge on any atom is -0.756 e. The van der Waals surface area contributed by atoms with Gasteiger partial charge in [0.1, 0.15) is 19.3 Å². The molecule has 0 aliphatic rings. The third-order valence-corrected chi connectivity index (χ3v) is 8.99. The smallest absolute Gasteiger partial charge is 0.305 e. The van der Waals surface area contributed by atoms with Crippen LogP contribution in [0.5, 0.6) is 0 Å². The molecule has 0 aliphatic carbocycles. The molecule has 0 aromatic carbocycles. The molecule has 0 radical (unpaired) electrons. The lowest BCUT2D eigenvalue weighted by atomic mass is 9.93. The largest absolute Gasteiger partial charge is 0.756 e. The highest BCUT2D eigenvalue weighted by molar-refractivity contribution is 7.45. The Morgan fingerprint density at radius 2 is 1.30 bits per heavy atom. The standard InChI is InChI=1S/C34H70NO8P/c1-8-10-12-14-15-16-17-18-20-24-33(31(3)23-19-13-11-9-2)41-29-32(40-27-22-21-25-34(36)39-7)30-43-44(37,38)42-28-26-35(4,5)6/h31-33H,8-30H2,1-7H3/t31?,32-,33-/m1/s1. The van der Waals surface area contributed by atoms with Crippen LogP contribution in [-0.2, 0) is 32.6 Å². The molecule has 0 fully saturated rings. The van der Waals surface area contributed by atoms with E-state index in [4.69, 9.17) is 23.3 Å². The number of nitrogens with zero attached hydrogens (tertiary/aromatic N) is 1. The van der Waals surface area contributed by atoms with Crippen molar-refractivity contribution in [3.8, 4) is 0 Å². The van der Waals surface area contributed by atoms with Crippen molar-refractivity contribution in [2.24, 2.45) is 5.92 Å². The lowest BCUT2D eigenvalue weighted by molar-refractivity contribution is -0.870. The summed E-state index contributed by atoms with van der Waals surface area (Å²) in [5.41, 5.74) is 0. The van der Waals surface area contributed by atoms with Gasteiger partial charge in [-0.3, -0.25) is 9.36 Å². The van der Waals surface area contributed by atoms with E-state index in [1.807, 2.05) is 21.1 Å². The van der Waals surface area contributed by atoms with Crippen LogP contribution in [0.4, 0.5) is 0 Å². The summed E-state index contributed by atoms with van der Waals surface area (Å²) in [6, 6.07) is 0. The van der Waals surface area contributed by atoms with Gasteiger partial charge in [-0.1, -0.05) is 104 Å². The zero-order valence-electron chi connectivity index (χ0n) is 29.7. The van der Waals surface area contributed by atoms with E-state index in [1.165, 1.54) is 84.2 Å². The van der Waals surface area contributed by atoms with Crippen LogP contribution in [0.25, 0.3) is 0 Å². The van der Waals surface area contributed by atoms with Crippen molar-refractivity contribution in [2.75, 3.05) is 61.2 Å². The van der Waals surface area contributed by atoms with Crippen molar-refractivity contribution in [2.45, 2.75) is 149 Å². The van der Waals surface area contributed by atoms with Crippen LogP contribution in [-0.4, -0.2) is 83.9 Å². The Kier molecular flexibility index (Phi) is 27.2. The Hall–Kier alpha value is -0.540. The molecule has 4 atom stereocenters. The second-order valence-electron chi connectivity index (χ2n) is 13.4. The predicted octanol–water partition coefficient (Wildman–Crippen LogP) is 7.84. The van der Waals surface area contributed by atoms with E-state index in [0.717, 1.165) is 19.3 Å². The molecule has 0 N–H and O–H groups in total. The molecular formula is C34H70NO8P. The second kappa shape index (κ2) is 27.6. The minimum atomic E-state index is -4.48. The summed E-state index contributed by atoms with van der Waals surface area (Å²) < 4.78 is 40.6. The molecule has 0 saturated heterocycles. The summed E-state index contributed by atoms with van der Waals surface area (Å²) >= 11 is 0. The Labute approximate surface area is 271 Å². The lowest BCUT2D eigenvalue weighted by Gasteiger charge is -2.30. The number of quaternary nitrogens is 1. The second-order valence-corrected chi connectivity index (χ2v) is 14.8. The molecule has 2 unspecified atom stereocenters. The quantitative estimate of drug-likeness (QED) is 0.0314. The molecule has 10 heteroatoms. The van der Waals surface area contributed by atoms with Gasteiger partial charge in [-0.05, 0) is 31.6 Å². The first-order chi connectivity index (χ1) is 20.9. The number of carbonyl (C=O) groups excluding carboxylic acids is 1. The molecule has 0 spiro atoms. The number of rotatable bonds is 32. The number of hydrogen-bond donors (Lipinski definition) is 0. The first-order valence-corrected chi connectivity index (χ1v) is 19.1. The molecule has 264 valence electrons. The Bertz CT molecular complexity index is 718. The summed E-state index contributed by atoms with van der Waals surface area (Å²) in [4.78, 5) is 23.9. The van der Waals surface area contributed by atoms with Crippen LogP contribution in [0.1, 0.15) is 136 Å². The predicted molar refractivity (Wildman–Crippen MR) is 178 cm³/mol. The highest BCUT2D eigenvalue weighted by Gasteiger charge is 2.22. The molecule has 44 heavy (non-hydrogen) atoms. The Morgan fingerprint density at radius 1 is 0.727 bits per heavy atom. The van der Waals surface area contributed by atoms with Gasteiger partial charge in [0, 0.05) is 13.0 Å². The van der Waals surface area contributed by atoms with Gasteiger partial charge in [-0.2, -0.15) is 0 Å². The van der Waals surface area contributed by atoms with Crippen molar-refractivity contribution in [1.82, 2.24) is 0 Å². The molecule has 0 bridgehead atoms. The average molecular weight is 652 g/mol. The Morgan fingerprint density at radius 3 is 1.89 bits per heavy atom. The topological polar surface area (TPSA) is 103 Å². The molecular weight excluding hydrogens is 581 g/mol. The van der Waals surface area contributed by atoms with Crippen molar-refractivity contribution in [1.29, 1.82) is 0 Å². The van der Waals surface area contributed by atoms with Gasteiger partial charge in [-0.25, -0.2) is 0 Å². The average Bonchev–Trinajstić information content (AvgIpc) is 2.96. The highest BCUT2D eigenvalue weighted by Crippen LogP contribution is 2.38. The number of phosphoric ester groups is 1. The molecule has 0 heterocycles. The molecule has 0 amide bonds.